The van der Waals surface area contributed by atoms with E-state index >= 15 is 0 Å². The second-order valence-corrected chi connectivity index (χ2v) is 8.33. The summed E-state index contributed by atoms with van der Waals surface area (Å²) < 4.78 is 0. The highest BCUT2D eigenvalue weighted by Crippen LogP contribution is 2.18. The monoisotopic (exact) mass is 451 g/mol. The number of benzene rings is 2. The molecule has 0 spiro atoms. The van der Waals surface area contributed by atoms with Crippen LogP contribution < -0.4 is 11.1 Å². The molecule has 0 aliphatic carbocycles. The zero-order valence-electron chi connectivity index (χ0n) is 19.8. The first-order valence-corrected chi connectivity index (χ1v) is 11.4. The van der Waals surface area contributed by atoms with Gasteiger partial charge in [0.05, 0.1) is 5.52 Å². The predicted molar refractivity (Wildman–Crippen MR) is 137 cm³/mol. The Kier molecular flexibility index (Phi) is 6.97. The van der Waals surface area contributed by atoms with Crippen LogP contribution in [0.15, 0.2) is 71.9 Å². The van der Waals surface area contributed by atoms with Crippen molar-refractivity contribution in [1.29, 1.82) is 0 Å². The van der Waals surface area contributed by atoms with Gasteiger partial charge in [-0.15, -0.1) is 0 Å². The average molecular weight is 452 g/mol. The van der Waals surface area contributed by atoms with Crippen LogP contribution in [-0.2, 0) is 19.4 Å². The van der Waals surface area contributed by atoms with E-state index in [2.05, 4.69) is 51.5 Å². The van der Waals surface area contributed by atoms with Crippen LogP contribution in [0.1, 0.15) is 50.9 Å². The number of fused-ring (bicyclic) bond motifs is 1. The lowest BCUT2D eigenvalue weighted by Crippen LogP contribution is -2.23. The number of aromatic nitrogens is 2. The Bertz CT molecular complexity index is 1380. The van der Waals surface area contributed by atoms with Gasteiger partial charge in [0.25, 0.3) is 5.91 Å². The first-order valence-electron chi connectivity index (χ1n) is 11.4. The summed E-state index contributed by atoms with van der Waals surface area (Å²) in [6.07, 6.45) is 3.17. The minimum atomic E-state index is -0.126. The molecule has 0 atom stereocenters. The number of carbonyl (C=O) groups is 1. The molecule has 172 valence electrons. The Hall–Kier alpha value is -4.06. The van der Waals surface area contributed by atoms with E-state index in [1.807, 2.05) is 37.3 Å². The van der Waals surface area contributed by atoms with E-state index in [0.717, 1.165) is 51.0 Å². The van der Waals surface area contributed by atoms with E-state index in [0.29, 0.717) is 24.4 Å². The van der Waals surface area contributed by atoms with Gasteiger partial charge in [-0.25, -0.2) is 0 Å². The van der Waals surface area contributed by atoms with Gasteiger partial charge in [-0.3, -0.25) is 19.8 Å². The Morgan fingerprint density at radius 3 is 2.65 bits per heavy atom. The minimum absolute atomic E-state index is 0.126. The molecule has 0 aliphatic rings. The summed E-state index contributed by atoms with van der Waals surface area (Å²) in [5.41, 5.74) is 13.6. The zero-order chi connectivity index (χ0) is 24.1. The lowest BCUT2D eigenvalue weighted by Gasteiger charge is -2.11. The molecule has 0 radical (unpaired) electrons. The molecule has 0 saturated carbocycles. The van der Waals surface area contributed by atoms with Gasteiger partial charge in [-0.05, 0) is 60.4 Å². The molecule has 3 N–H and O–H groups in total. The van der Waals surface area contributed by atoms with Gasteiger partial charge in [0, 0.05) is 54.1 Å². The van der Waals surface area contributed by atoms with Crippen molar-refractivity contribution in [2.45, 2.75) is 33.2 Å². The molecule has 2 heterocycles. The smallest absolute Gasteiger partial charge is 0.251 e. The lowest BCUT2D eigenvalue weighted by atomic mass is 10.0. The topological polar surface area (TPSA) is 93.3 Å². The van der Waals surface area contributed by atoms with Gasteiger partial charge >= 0.3 is 0 Å². The van der Waals surface area contributed by atoms with Crippen LogP contribution >= 0.6 is 0 Å². The molecule has 4 rings (SSSR count). The molecule has 0 saturated heterocycles. The highest BCUT2D eigenvalue weighted by molar-refractivity contribution is 5.99. The van der Waals surface area contributed by atoms with Crippen molar-refractivity contribution in [2.24, 2.45) is 10.7 Å². The zero-order valence-corrected chi connectivity index (χ0v) is 19.8. The SMILES string of the molecule is CCc1cc(CNC(=O)c2ccnc(Cc3ccc4nc(C)ccc4c3)c2)ccc1C(N)=NC. The van der Waals surface area contributed by atoms with E-state index in [9.17, 15) is 4.79 Å². The number of pyridine rings is 2. The molecule has 2 aromatic heterocycles. The second kappa shape index (κ2) is 10.3. The molecule has 0 unspecified atom stereocenters. The van der Waals surface area contributed by atoms with Crippen LogP contribution in [0.5, 0.6) is 0 Å². The maximum atomic E-state index is 12.8. The molecule has 6 heteroatoms. The van der Waals surface area contributed by atoms with Crippen LogP contribution in [0.4, 0.5) is 0 Å². The van der Waals surface area contributed by atoms with Gasteiger partial charge in [-0.2, -0.15) is 0 Å². The number of hydrogen-bond acceptors (Lipinski definition) is 4. The number of amides is 1. The second-order valence-electron chi connectivity index (χ2n) is 8.33. The molecular weight excluding hydrogens is 422 g/mol. The average Bonchev–Trinajstić information content (AvgIpc) is 2.86. The van der Waals surface area contributed by atoms with Crippen molar-refractivity contribution in [3.8, 4) is 0 Å². The van der Waals surface area contributed by atoms with Crippen molar-refractivity contribution in [1.82, 2.24) is 15.3 Å². The first kappa shape index (κ1) is 23.1. The molecule has 1 amide bonds. The Morgan fingerprint density at radius 1 is 1.03 bits per heavy atom. The number of aryl methyl sites for hydroxylation is 2. The molecule has 6 nitrogen and oxygen atoms in total. The Morgan fingerprint density at radius 2 is 1.85 bits per heavy atom. The van der Waals surface area contributed by atoms with Crippen molar-refractivity contribution in [2.75, 3.05) is 7.05 Å². The van der Waals surface area contributed by atoms with Crippen LogP contribution in [0.3, 0.4) is 0 Å². The molecule has 34 heavy (non-hydrogen) atoms. The van der Waals surface area contributed by atoms with Crippen molar-refractivity contribution >= 4 is 22.6 Å². The van der Waals surface area contributed by atoms with E-state index in [1.165, 1.54) is 0 Å². The molecule has 0 aliphatic heterocycles. The van der Waals surface area contributed by atoms with Crippen LogP contribution in [0.25, 0.3) is 10.9 Å². The summed E-state index contributed by atoms with van der Waals surface area (Å²) in [5, 5.41) is 4.11. The van der Waals surface area contributed by atoms with Crippen LogP contribution in [0, 0.1) is 6.92 Å². The highest BCUT2D eigenvalue weighted by atomic mass is 16.1. The number of amidine groups is 1. The van der Waals surface area contributed by atoms with Crippen LogP contribution in [-0.4, -0.2) is 28.8 Å². The summed E-state index contributed by atoms with van der Waals surface area (Å²) in [6.45, 7) is 4.50. The Balaban J connectivity index is 1.44. The van der Waals surface area contributed by atoms with Gasteiger partial charge < -0.3 is 11.1 Å². The molecule has 2 aromatic carbocycles. The number of rotatable bonds is 7. The first-order chi connectivity index (χ1) is 16.5. The fraction of sp³-hybridized carbons (Fsp3) is 0.214. The van der Waals surface area contributed by atoms with Gasteiger partial charge in [0.15, 0.2) is 0 Å². The third-order valence-corrected chi connectivity index (χ3v) is 5.88. The number of carbonyl (C=O) groups excluding carboxylic acids is 1. The molecule has 0 bridgehead atoms. The van der Waals surface area contributed by atoms with Crippen molar-refractivity contribution in [3.63, 3.8) is 0 Å². The highest BCUT2D eigenvalue weighted by Gasteiger charge is 2.10. The van der Waals surface area contributed by atoms with Crippen LogP contribution in [0.2, 0.25) is 0 Å². The van der Waals surface area contributed by atoms with E-state index in [4.69, 9.17) is 5.73 Å². The summed E-state index contributed by atoms with van der Waals surface area (Å²) in [5.74, 6) is 0.396. The van der Waals surface area contributed by atoms with E-state index in [-0.39, 0.29) is 5.91 Å². The van der Waals surface area contributed by atoms with Gasteiger partial charge in [0.1, 0.15) is 5.84 Å². The molecule has 4 aromatic rings. The van der Waals surface area contributed by atoms with Gasteiger partial charge in [-0.1, -0.05) is 37.3 Å². The normalized spacial score (nSPS) is 11.6. The maximum Gasteiger partial charge on any atom is 0.251 e. The molecular formula is C28H29N5O. The standard InChI is InChI=1S/C28H29N5O/c1-4-21-14-20(6-9-25(21)27(29)30-3)17-32-28(34)23-11-12-31-24(16-23)15-19-7-10-26-22(13-19)8-5-18(2)33-26/h5-14,16H,4,15,17H2,1-3H3,(H2,29,30)(H,32,34). The minimum Gasteiger partial charge on any atom is -0.384 e. The summed E-state index contributed by atoms with van der Waals surface area (Å²) in [7, 11) is 1.68. The summed E-state index contributed by atoms with van der Waals surface area (Å²) in [6, 6.07) is 19.9. The van der Waals surface area contributed by atoms with E-state index < -0.39 is 0 Å². The van der Waals surface area contributed by atoms with Crippen molar-refractivity contribution in [3.05, 3.63) is 106 Å². The van der Waals surface area contributed by atoms with Gasteiger partial charge in [0.2, 0.25) is 0 Å². The fourth-order valence-electron chi connectivity index (χ4n) is 4.02. The third-order valence-electron chi connectivity index (χ3n) is 5.88. The summed E-state index contributed by atoms with van der Waals surface area (Å²) >= 11 is 0. The maximum absolute atomic E-state index is 12.8. The number of nitrogens with zero attached hydrogens (tertiary/aromatic N) is 3. The number of hydrogen-bond donors (Lipinski definition) is 2. The Labute approximate surface area is 200 Å². The number of nitrogens with two attached hydrogens (primary N) is 1. The predicted octanol–water partition coefficient (Wildman–Crippen LogP) is 4.36. The largest absolute Gasteiger partial charge is 0.384 e. The van der Waals surface area contributed by atoms with E-state index in [1.54, 1.807) is 19.3 Å². The quantitative estimate of drug-likeness (QED) is 0.323. The number of aliphatic imine (C=N–C) groups is 1. The third kappa shape index (κ3) is 5.29. The molecule has 0 fully saturated rings. The summed E-state index contributed by atoms with van der Waals surface area (Å²) in [4.78, 5) is 25.9. The lowest BCUT2D eigenvalue weighted by molar-refractivity contribution is 0.0950. The van der Waals surface area contributed by atoms with Crippen molar-refractivity contribution < 1.29 is 4.79 Å². The number of nitrogens with one attached hydrogen (secondary N) is 1. The fourth-order valence-corrected chi connectivity index (χ4v) is 4.02.